The third-order valence-electron chi connectivity index (χ3n) is 5.73. The lowest BCUT2D eigenvalue weighted by atomic mass is 10.1. The smallest absolute Gasteiger partial charge is 0.269 e. The first-order valence-corrected chi connectivity index (χ1v) is 13.5. The summed E-state index contributed by atoms with van der Waals surface area (Å²) in [5.74, 6) is -1.47. The van der Waals surface area contributed by atoms with Crippen molar-refractivity contribution in [3.05, 3.63) is 63.6 Å². The summed E-state index contributed by atoms with van der Waals surface area (Å²) in [5.41, 5.74) is 0.665. The first-order chi connectivity index (χ1) is 16.6. The molecule has 1 aliphatic rings. The van der Waals surface area contributed by atoms with Crippen LogP contribution in [0, 0.1) is 0 Å². The van der Waals surface area contributed by atoms with Gasteiger partial charge in [-0.15, -0.1) is 0 Å². The van der Waals surface area contributed by atoms with Gasteiger partial charge in [-0.2, -0.15) is 0 Å². The molecule has 1 aliphatic heterocycles. The topological polar surface area (TPSA) is 104 Å². The van der Waals surface area contributed by atoms with E-state index in [4.69, 9.17) is 23.2 Å². The van der Waals surface area contributed by atoms with Crippen LogP contribution >= 0.6 is 23.2 Å². The summed E-state index contributed by atoms with van der Waals surface area (Å²) in [6.07, 6.45) is 0.773. The van der Waals surface area contributed by atoms with E-state index in [0.29, 0.717) is 32.9 Å². The van der Waals surface area contributed by atoms with Crippen molar-refractivity contribution in [1.29, 1.82) is 0 Å². The number of nitrogens with one attached hydrogen (secondary N) is 1. The van der Waals surface area contributed by atoms with Crippen LogP contribution in [0.5, 0.6) is 0 Å². The molecule has 188 valence electrons. The number of benzene rings is 2. The number of hydrogen-bond donors (Lipinski definition) is 1. The largest absolute Gasteiger partial charge is 0.354 e. The first-order valence-electron chi connectivity index (χ1n) is 11.3. The van der Waals surface area contributed by atoms with E-state index in [1.807, 2.05) is 6.92 Å². The molecule has 3 amide bonds. The number of carbonyl (C=O) groups is 3. The molecule has 0 fully saturated rings. The van der Waals surface area contributed by atoms with Crippen LogP contribution in [0.25, 0.3) is 0 Å². The van der Waals surface area contributed by atoms with Gasteiger partial charge in [-0.25, -0.2) is 12.7 Å². The Bertz CT molecular complexity index is 1240. The van der Waals surface area contributed by atoms with E-state index in [9.17, 15) is 22.8 Å². The highest BCUT2D eigenvalue weighted by Gasteiger charge is 2.41. The fourth-order valence-electron chi connectivity index (χ4n) is 3.91. The van der Waals surface area contributed by atoms with Gasteiger partial charge in [0.15, 0.2) is 0 Å². The minimum atomic E-state index is -4.04. The van der Waals surface area contributed by atoms with Gasteiger partial charge in [-0.05, 0) is 42.7 Å². The van der Waals surface area contributed by atoms with Crippen LogP contribution in [-0.4, -0.2) is 54.5 Å². The van der Waals surface area contributed by atoms with Crippen LogP contribution in [0.2, 0.25) is 10.0 Å². The number of nitrogens with zero attached hydrogens (tertiary/aromatic N) is 2. The molecule has 0 bridgehead atoms. The Morgan fingerprint density at radius 3 is 2.46 bits per heavy atom. The molecular weight excluding hydrogens is 513 g/mol. The molecule has 0 aromatic heterocycles. The number of sulfonamides is 1. The van der Waals surface area contributed by atoms with E-state index >= 15 is 0 Å². The number of fused-ring (bicyclic) bond motifs is 1. The molecule has 11 heteroatoms. The van der Waals surface area contributed by atoms with Crippen molar-refractivity contribution in [3.63, 3.8) is 0 Å². The maximum atomic E-state index is 13.4. The molecule has 0 radical (unpaired) electrons. The van der Waals surface area contributed by atoms with Gasteiger partial charge in [0.1, 0.15) is 10.9 Å². The number of carbonyl (C=O) groups excluding carboxylic acids is 3. The van der Waals surface area contributed by atoms with Crippen LogP contribution in [0.1, 0.15) is 49.0 Å². The predicted molar refractivity (Wildman–Crippen MR) is 134 cm³/mol. The van der Waals surface area contributed by atoms with Crippen LogP contribution in [-0.2, 0) is 26.2 Å². The fraction of sp³-hybridized carbons (Fsp3) is 0.375. The Balaban J connectivity index is 1.84. The highest BCUT2D eigenvalue weighted by Crippen LogP contribution is 2.30. The van der Waals surface area contributed by atoms with E-state index in [1.165, 1.54) is 23.1 Å². The summed E-state index contributed by atoms with van der Waals surface area (Å²) in [4.78, 5) is 40.3. The Labute approximate surface area is 215 Å². The number of halogens is 2. The van der Waals surface area contributed by atoms with Crippen molar-refractivity contribution in [2.45, 2.75) is 50.6 Å². The van der Waals surface area contributed by atoms with Crippen LogP contribution in [0.15, 0.2) is 47.4 Å². The van der Waals surface area contributed by atoms with Gasteiger partial charge in [0.05, 0.1) is 5.56 Å². The molecule has 1 N–H and O–H groups in total. The molecule has 35 heavy (non-hydrogen) atoms. The van der Waals surface area contributed by atoms with Gasteiger partial charge < -0.3 is 10.2 Å². The van der Waals surface area contributed by atoms with Crippen molar-refractivity contribution < 1.29 is 22.8 Å². The molecule has 2 aromatic carbocycles. The summed E-state index contributed by atoms with van der Waals surface area (Å²) >= 11 is 12.3. The minimum Gasteiger partial charge on any atom is -0.354 e. The van der Waals surface area contributed by atoms with Gasteiger partial charge in [0.25, 0.3) is 15.9 Å². The Kier molecular flexibility index (Phi) is 8.79. The summed E-state index contributed by atoms with van der Waals surface area (Å²) in [6, 6.07) is 9.98. The zero-order chi connectivity index (χ0) is 25.8. The van der Waals surface area contributed by atoms with E-state index in [0.717, 1.165) is 6.42 Å². The average molecular weight is 540 g/mol. The normalized spacial score (nSPS) is 15.0. The van der Waals surface area contributed by atoms with Gasteiger partial charge in [-0.1, -0.05) is 55.2 Å². The third kappa shape index (κ3) is 5.79. The zero-order valence-corrected chi connectivity index (χ0v) is 21.8. The Morgan fingerprint density at radius 1 is 1.11 bits per heavy atom. The lowest BCUT2D eigenvalue weighted by Crippen LogP contribution is -2.49. The summed E-state index contributed by atoms with van der Waals surface area (Å²) in [6.45, 7) is 3.84. The van der Waals surface area contributed by atoms with Gasteiger partial charge in [-0.3, -0.25) is 14.4 Å². The Hall–Kier alpha value is -2.62. The maximum absolute atomic E-state index is 13.4. The second kappa shape index (κ2) is 11.4. The molecule has 0 aliphatic carbocycles. The van der Waals surface area contributed by atoms with Crippen molar-refractivity contribution in [1.82, 2.24) is 14.5 Å². The van der Waals surface area contributed by atoms with Gasteiger partial charge in [0.2, 0.25) is 11.8 Å². The van der Waals surface area contributed by atoms with E-state index in [1.54, 1.807) is 31.2 Å². The molecule has 1 heterocycles. The van der Waals surface area contributed by atoms with Crippen LogP contribution in [0.4, 0.5) is 0 Å². The fourth-order valence-corrected chi connectivity index (χ4v) is 5.95. The average Bonchev–Trinajstić information content (AvgIpc) is 3.02. The highest BCUT2D eigenvalue weighted by atomic mass is 35.5. The number of amides is 3. The summed E-state index contributed by atoms with van der Waals surface area (Å²) in [5, 5.41) is 3.58. The molecule has 0 saturated heterocycles. The highest BCUT2D eigenvalue weighted by molar-refractivity contribution is 7.90. The maximum Gasteiger partial charge on any atom is 0.269 e. The van der Waals surface area contributed by atoms with Crippen molar-refractivity contribution >= 4 is 50.9 Å². The number of rotatable bonds is 10. The summed E-state index contributed by atoms with van der Waals surface area (Å²) in [7, 11) is -4.04. The second-order valence-corrected chi connectivity index (χ2v) is 10.8. The van der Waals surface area contributed by atoms with Crippen molar-refractivity contribution in [2.75, 3.05) is 13.1 Å². The van der Waals surface area contributed by atoms with Gasteiger partial charge in [0, 0.05) is 36.1 Å². The van der Waals surface area contributed by atoms with Gasteiger partial charge >= 0.3 is 0 Å². The lowest BCUT2D eigenvalue weighted by Gasteiger charge is -2.31. The molecule has 1 atom stereocenters. The standard InChI is InChI=1S/C24H27Cl2N3O5S/c1-3-12-27-23(31)20(4-2)28(15-16-9-10-17(25)14-19(16)26)22(30)11-13-29-24(32)18-7-5-6-8-21(18)35(29,33)34/h5-10,14,20H,3-4,11-13,15H2,1-2H3,(H,27,31)/t20-/m1/s1. The van der Waals surface area contributed by atoms with Crippen LogP contribution < -0.4 is 5.32 Å². The zero-order valence-electron chi connectivity index (χ0n) is 19.5. The molecular formula is C24H27Cl2N3O5S. The third-order valence-corrected chi connectivity index (χ3v) is 8.16. The lowest BCUT2D eigenvalue weighted by molar-refractivity contribution is -0.141. The molecule has 8 nitrogen and oxygen atoms in total. The van der Waals surface area contributed by atoms with Crippen LogP contribution in [0.3, 0.4) is 0 Å². The van der Waals surface area contributed by atoms with Crippen molar-refractivity contribution in [2.24, 2.45) is 0 Å². The molecule has 0 spiro atoms. The quantitative estimate of drug-likeness (QED) is 0.493. The summed E-state index contributed by atoms with van der Waals surface area (Å²) < 4.78 is 26.4. The van der Waals surface area contributed by atoms with Crippen molar-refractivity contribution in [3.8, 4) is 0 Å². The van der Waals surface area contributed by atoms with E-state index < -0.39 is 27.9 Å². The van der Waals surface area contributed by atoms with E-state index in [2.05, 4.69) is 5.32 Å². The molecule has 0 saturated carbocycles. The first kappa shape index (κ1) is 27.0. The van der Waals surface area contributed by atoms with E-state index in [-0.39, 0.29) is 35.9 Å². The number of hydrogen-bond acceptors (Lipinski definition) is 5. The Morgan fingerprint density at radius 2 is 1.83 bits per heavy atom. The molecule has 3 rings (SSSR count). The predicted octanol–water partition coefficient (Wildman–Crippen LogP) is 3.86. The monoisotopic (exact) mass is 539 g/mol. The SMILES string of the molecule is CCCNC(=O)[C@@H](CC)N(Cc1ccc(Cl)cc1Cl)C(=O)CCN1C(=O)c2ccccc2S1(=O)=O. The second-order valence-electron chi connectivity index (χ2n) is 8.10. The molecule has 2 aromatic rings. The molecule has 0 unspecified atom stereocenters. The minimum absolute atomic E-state index is 0.0216.